The Morgan fingerprint density at radius 3 is 2.43 bits per heavy atom. The van der Waals surface area contributed by atoms with Gasteiger partial charge in [-0.3, -0.25) is 0 Å². The minimum Gasteiger partial charge on any atom is -0.435 e. The Bertz CT molecular complexity index is 768. The Labute approximate surface area is 142 Å². The second kappa shape index (κ2) is 7.06. The van der Waals surface area contributed by atoms with E-state index in [1.54, 1.807) is 18.3 Å². The zero-order valence-electron chi connectivity index (χ0n) is 12.7. The van der Waals surface area contributed by atoms with E-state index in [4.69, 9.17) is 4.42 Å². The van der Waals surface area contributed by atoms with Crippen molar-refractivity contribution in [2.75, 3.05) is 7.05 Å². The summed E-state index contributed by atoms with van der Waals surface area (Å²) in [5.41, 5.74) is 2.09. The first-order chi connectivity index (χ1) is 11.1. The molecule has 2 aromatic carbocycles. The van der Waals surface area contributed by atoms with Crippen LogP contribution in [0.5, 0.6) is 0 Å². The Morgan fingerprint density at radius 1 is 1.04 bits per heavy atom. The van der Waals surface area contributed by atoms with E-state index < -0.39 is 0 Å². The molecule has 0 saturated heterocycles. The topological polar surface area (TPSA) is 30.5 Å². The highest BCUT2D eigenvalue weighted by Crippen LogP contribution is 2.20. The third kappa shape index (κ3) is 4.27. The van der Waals surface area contributed by atoms with Gasteiger partial charge in [0.1, 0.15) is 12.4 Å². The SMILES string of the molecule is C[NH+](Cc1ccc(Br)cc1)Cc1ncc(-c2ccc(F)cc2)o1. The number of aromatic nitrogens is 1. The Morgan fingerprint density at radius 2 is 1.74 bits per heavy atom. The van der Waals surface area contributed by atoms with Crippen molar-refractivity contribution >= 4 is 15.9 Å². The lowest BCUT2D eigenvalue weighted by molar-refractivity contribution is -0.909. The average Bonchev–Trinajstić information content (AvgIpc) is 2.98. The van der Waals surface area contributed by atoms with Crippen molar-refractivity contribution < 1.29 is 13.7 Å². The summed E-state index contributed by atoms with van der Waals surface area (Å²) < 4.78 is 19.8. The molecule has 0 saturated carbocycles. The number of oxazole rings is 1. The molecule has 1 heterocycles. The first kappa shape index (κ1) is 15.9. The van der Waals surface area contributed by atoms with Crippen molar-refractivity contribution in [2.24, 2.45) is 0 Å². The van der Waals surface area contributed by atoms with Gasteiger partial charge in [0.15, 0.2) is 12.3 Å². The highest BCUT2D eigenvalue weighted by atomic mass is 79.9. The van der Waals surface area contributed by atoms with Gasteiger partial charge in [0.2, 0.25) is 0 Å². The number of hydrogen-bond acceptors (Lipinski definition) is 2. The lowest BCUT2D eigenvalue weighted by Crippen LogP contribution is -3.06. The molecule has 1 aromatic heterocycles. The van der Waals surface area contributed by atoms with Gasteiger partial charge in [-0.15, -0.1) is 0 Å². The second-order valence-electron chi connectivity index (χ2n) is 5.56. The van der Waals surface area contributed by atoms with Crippen LogP contribution in [0.4, 0.5) is 4.39 Å². The van der Waals surface area contributed by atoms with E-state index >= 15 is 0 Å². The minimum atomic E-state index is -0.257. The smallest absolute Gasteiger partial charge is 0.250 e. The highest BCUT2D eigenvalue weighted by Gasteiger charge is 2.12. The molecule has 1 atom stereocenters. The molecule has 0 spiro atoms. The number of nitrogens with zero attached hydrogens (tertiary/aromatic N) is 1. The first-order valence-corrected chi connectivity index (χ1v) is 8.16. The van der Waals surface area contributed by atoms with Crippen LogP contribution < -0.4 is 4.90 Å². The maximum atomic E-state index is 13.0. The van der Waals surface area contributed by atoms with Gasteiger partial charge in [-0.25, -0.2) is 9.37 Å². The van der Waals surface area contributed by atoms with Crippen molar-refractivity contribution in [1.29, 1.82) is 0 Å². The number of hydrogen-bond donors (Lipinski definition) is 1. The summed E-state index contributed by atoms with van der Waals surface area (Å²) in [6.07, 6.45) is 1.69. The van der Waals surface area contributed by atoms with Gasteiger partial charge in [0.25, 0.3) is 5.89 Å². The standard InChI is InChI=1S/C18H16BrFN2O/c1-22(11-13-2-6-15(19)7-3-13)12-18-21-10-17(23-18)14-4-8-16(20)9-5-14/h2-10H,11-12H2,1H3/p+1. The minimum absolute atomic E-state index is 0.257. The number of halogens is 2. The van der Waals surface area contributed by atoms with Crippen molar-refractivity contribution in [3.8, 4) is 11.3 Å². The van der Waals surface area contributed by atoms with Gasteiger partial charge in [0, 0.05) is 15.6 Å². The zero-order chi connectivity index (χ0) is 16.2. The molecular weight excluding hydrogens is 359 g/mol. The summed E-state index contributed by atoms with van der Waals surface area (Å²) in [6.45, 7) is 1.58. The Kier molecular flexibility index (Phi) is 4.88. The summed E-state index contributed by atoms with van der Waals surface area (Å²) in [6, 6.07) is 14.5. The predicted molar refractivity (Wildman–Crippen MR) is 90.3 cm³/mol. The summed E-state index contributed by atoms with van der Waals surface area (Å²) in [7, 11) is 2.10. The molecule has 3 rings (SSSR count). The summed E-state index contributed by atoms with van der Waals surface area (Å²) >= 11 is 3.44. The average molecular weight is 376 g/mol. The summed E-state index contributed by atoms with van der Waals surface area (Å²) in [4.78, 5) is 5.60. The Balaban J connectivity index is 1.64. The van der Waals surface area contributed by atoms with E-state index in [-0.39, 0.29) is 5.82 Å². The zero-order valence-corrected chi connectivity index (χ0v) is 14.3. The quantitative estimate of drug-likeness (QED) is 0.740. The normalized spacial score (nSPS) is 12.3. The third-order valence-corrected chi connectivity index (χ3v) is 4.08. The van der Waals surface area contributed by atoms with Crippen molar-refractivity contribution in [1.82, 2.24) is 4.98 Å². The van der Waals surface area contributed by atoms with E-state index in [2.05, 4.69) is 40.1 Å². The van der Waals surface area contributed by atoms with Gasteiger partial charge >= 0.3 is 0 Å². The maximum absolute atomic E-state index is 13.0. The van der Waals surface area contributed by atoms with Crippen LogP contribution >= 0.6 is 15.9 Å². The molecular formula is C18H17BrFN2O+. The fraction of sp³-hybridized carbons (Fsp3) is 0.167. The lowest BCUT2D eigenvalue weighted by Gasteiger charge is -2.11. The molecule has 1 unspecified atom stereocenters. The summed E-state index contributed by atoms with van der Waals surface area (Å²) in [5.74, 6) is 1.09. The third-order valence-electron chi connectivity index (χ3n) is 3.55. The van der Waals surface area contributed by atoms with Crippen LogP contribution in [0.1, 0.15) is 11.5 Å². The van der Waals surface area contributed by atoms with Crippen molar-refractivity contribution in [3.05, 3.63) is 76.5 Å². The maximum Gasteiger partial charge on any atom is 0.250 e. The van der Waals surface area contributed by atoms with E-state index in [1.807, 2.05) is 12.1 Å². The van der Waals surface area contributed by atoms with Crippen LogP contribution in [0.15, 0.2) is 63.6 Å². The van der Waals surface area contributed by atoms with Crippen LogP contribution in [0.2, 0.25) is 0 Å². The molecule has 3 aromatic rings. The molecule has 0 fully saturated rings. The number of nitrogens with one attached hydrogen (secondary N) is 1. The monoisotopic (exact) mass is 375 g/mol. The van der Waals surface area contributed by atoms with Crippen LogP contribution in [0.25, 0.3) is 11.3 Å². The molecule has 3 nitrogen and oxygen atoms in total. The summed E-state index contributed by atoms with van der Waals surface area (Å²) in [5, 5.41) is 0. The van der Waals surface area contributed by atoms with E-state index in [0.717, 1.165) is 16.6 Å². The number of quaternary nitrogens is 1. The van der Waals surface area contributed by atoms with Gasteiger partial charge in [-0.05, 0) is 36.4 Å². The molecule has 1 N–H and O–H groups in total. The molecule has 0 aliphatic heterocycles. The van der Waals surface area contributed by atoms with Crippen molar-refractivity contribution in [2.45, 2.75) is 13.1 Å². The molecule has 118 valence electrons. The van der Waals surface area contributed by atoms with Crippen LogP contribution in [-0.2, 0) is 13.1 Å². The largest absolute Gasteiger partial charge is 0.435 e. The number of benzene rings is 2. The van der Waals surface area contributed by atoms with Crippen LogP contribution in [-0.4, -0.2) is 12.0 Å². The van der Waals surface area contributed by atoms with Gasteiger partial charge in [-0.1, -0.05) is 28.1 Å². The molecule has 23 heavy (non-hydrogen) atoms. The van der Waals surface area contributed by atoms with Gasteiger partial charge in [-0.2, -0.15) is 0 Å². The molecule has 0 bridgehead atoms. The second-order valence-corrected chi connectivity index (χ2v) is 6.48. The fourth-order valence-corrected chi connectivity index (χ4v) is 2.68. The van der Waals surface area contributed by atoms with E-state index in [9.17, 15) is 4.39 Å². The van der Waals surface area contributed by atoms with Crippen LogP contribution in [0, 0.1) is 5.82 Å². The van der Waals surface area contributed by atoms with Crippen LogP contribution in [0.3, 0.4) is 0 Å². The first-order valence-electron chi connectivity index (χ1n) is 7.36. The highest BCUT2D eigenvalue weighted by molar-refractivity contribution is 9.10. The van der Waals surface area contributed by atoms with Gasteiger partial charge in [0.05, 0.1) is 13.2 Å². The van der Waals surface area contributed by atoms with Gasteiger partial charge < -0.3 is 9.32 Å². The van der Waals surface area contributed by atoms with E-state index in [0.29, 0.717) is 18.2 Å². The van der Waals surface area contributed by atoms with Crippen molar-refractivity contribution in [3.63, 3.8) is 0 Å². The lowest BCUT2D eigenvalue weighted by atomic mass is 10.2. The molecule has 0 aliphatic carbocycles. The Hall–Kier alpha value is -1.98. The predicted octanol–water partition coefficient (Wildman–Crippen LogP) is 3.46. The fourth-order valence-electron chi connectivity index (χ4n) is 2.41. The molecule has 0 amide bonds. The molecule has 5 heteroatoms. The molecule has 0 radical (unpaired) electrons. The molecule has 0 aliphatic rings. The van der Waals surface area contributed by atoms with E-state index in [1.165, 1.54) is 22.6 Å². The number of rotatable bonds is 5.